The summed E-state index contributed by atoms with van der Waals surface area (Å²) in [6.45, 7) is 2.22. The van der Waals surface area contributed by atoms with Gasteiger partial charge in [0.2, 0.25) is 0 Å². The maximum atomic E-state index is 6.22. The van der Waals surface area contributed by atoms with Gasteiger partial charge in [0.15, 0.2) is 0 Å². The molecule has 1 aliphatic carbocycles. The van der Waals surface area contributed by atoms with Gasteiger partial charge in [-0.05, 0) is 113 Å². The van der Waals surface area contributed by atoms with E-state index in [4.69, 9.17) is 6.42 Å². The Labute approximate surface area is 353 Å². The average Bonchev–Trinajstić information content (AvgIpc) is 3.84. The Bertz CT molecular complexity index is 3240. The van der Waals surface area contributed by atoms with E-state index in [1.165, 1.54) is 74.2 Å². The van der Waals surface area contributed by atoms with Crippen molar-refractivity contribution in [1.82, 2.24) is 0 Å². The van der Waals surface area contributed by atoms with Crippen molar-refractivity contribution < 1.29 is 0 Å². The zero-order valence-corrected chi connectivity index (χ0v) is 34.4. The van der Waals surface area contributed by atoms with Crippen molar-refractivity contribution in [2.45, 2.75) is 32.2 Å². The highest BCUT2D eigenvalue weighted by molar-refractivity contribution is 7.25. The monoisotopic (exact) mass is 792 g/mol. The molecule has 0 bridgehead atoms. The minimum absolute atomic E-state index is 0.0587. The summed E-state index contributed by atoms with van der Waals surface area (Å²) in [6, 6.07) is 65.0. The van der Waals surface area contributed by atoms with Crippen LogP contribution < -0.4 is 9.80 Å². The van der Waals surface area contributed by atoms with Gasteiger partial charge in [0.25, 0.3) is 0 Å². The molecule has 2 aromatic heterocycles. The van der Waals surface area contributed by atoms with Gasteiger partial charge in [-0.3, -0.25) is 0 Å². The van der Waals surface area contributed by atoms with Crippen molar-refractivity contribution in [2.75, 3.05) is 9.80 Å². The molecule has 1 unspecified atom stereocenters. The van der Waals surface area contributed by atoms with Crippen LogP contribution in [-0.4, -0.2) is 0 Å². The van der Waals surface area contributed by atoms with E-state index in [-0.39, 0.29) is 6.04 Å². The first-order valence-electron chi connectivity index (χ1n) is 20.4. The number of benzene rings is 8. The number of nitrogens with zero attached hydrogens (tertiary/aromatic N) is 2. The van der Waals surface area contributed by atoms with Gasteiger partial charge >= 0.3 is 0 Å². The van der Waals surface area contributed by atoms with Gasteiger partial charge in [-0.25, -0.2) is 0 Å². The molecule has 59 heavy (non-hydrogen) atoms. The summed E-state index contributed by atoms with van der Waals surface area (Å²) in [4.78, 5) is 6.32. The van der Waals surface area contributed by atoms with Crippen LogP contribution >= 0.6 is 22.7 Å². The summed E-state index contributed by atoms with van der Waals surface area (Å²) >= 11 is 3.70. The van der Waals surface area contributed by atoms with Crippen molar-refractivity contribution in [1.29, 1.82) is 0 Å². The molecule has 10 aromatic rings. The van der Waals surface area contributed by atoms with Crippen LogP contribution in [-0.2, 0) is 12.8 Å². The zero-order valence-electron chi connectivity index (χ0n) is 32.7. The van der Waals surface area contributed by atoms with E-state index < -0.39 is 0 Å². The van der Waals surface area contributed by atoms with E-state index in [9.17, 15) is 0 Å². The fraction of sp³-hybridized carbons (Fsp3) is 0.0909. The first-order chi connectivity index (χ1) is 29.2. The third-order valence-corrected chi connectivity index (χ3v) is 14.4. The Morgan fingerprint density at radius 1 is 0.542 bits per heavy atom. The maximum absolute atomic E-state index is 6.22. The molecule has 1 atom stereocenters. The maximum Gasteiger partial charge on any atom is 0.0638 e. The summed E-state index contributed by atoms with van der Waals surface area (Å²) in [5, 5.41) is 6.28. The van der Waals surface area contributed by atoms with Crippen molar-refractivity contribution >= 4 is 92.1 Å². The van der Waals surface area contributed by atoms with E-state index in [1.54, 1.807) is 0 Å². The second-order valence-corrected chi connectivity index (χ2v) is 17.6. The molecular formula is C55H40N2S2. The summed E-state index contributed by atoms with van der Waals surface area (Å²) < 4.78 is 3.87. The highest BCUT2D eigenvalue weighted by Gasteiger charge is 2.33. The molecule has 0 N–H and O–H groups in total. The highest BCUT2D eigenvalue weighted by atomic mass is 32.1. The number of thiophene rings is 2. The Hall–Kier alpha value is -6.64. The second kappa shape index (κ2) is 14.6. The number of hydrogen-bond donors (Lipinski definition) is 0. The largest absolute Gasteiger partial charge is 0.334 e. The molecule has 0 fully saturated rings. The number of terminal acetylenes is 1. The Kier molecular flexibility index (Phi) is 8.81. The van der Waals surface area contributed by atoms with Gasteiger partial charge in [-0.2, -0.15) is 0 Å². The van der Waals surface area contributed by atoms with Gasteiger partial charge in [0, 0.05) is 68.8 Å². The molecule has 0 spiro atoms. The van der Waals surface area contributed by atoms with Crippen LogP contribution in [0.15, 0.2) is 176 Å². The Balaban J connectivity index is 1.12. The van der Waals surface area contributed by atoms with Crippen LogP contribution in [0.1, 0.15) is 41.0 Å². The molecule has 1 aliphatic rings. The van der Waals surface area contributed by atoms with Crippen LogP contribution in [0.4, 0.5) is 28.4 Å². The molecule has 0 amide bonds. The predicted molar refractivity (Wildman–Crippen MR) is 256 cm³/mol. The van der Waals surface area contributed by atoms with Crippen LogP contribution in [0.25, 0.3) is 52.2 Å². The van der Waals surface area contributed by atoms with Crippen LogP contribution in [0.3, 0.4) is 0 Å². The van der Waals surface area contributed by atoms with E-state index in [0.29, 0.717) is 0 Å². The fourth-order valence-corrected chi connectivity index (χ4v) is 11.8. The van der Waals surface area contributed by atoms with Gasteiger partial charge in [0.1, 0.15) is 0 Å². The summed E-state index contributed by atoms with van der Waals surface area (Å²) in [7, 11) is 0. The standard InChI is InChI=1S/C55H40N2S2/c1-3-17-52-40(4-2)48-32-38(28-30-54(48)58-52)56(36-18-7-5-8-19-36)50-34-46-42-23-12-14-25-44(42)51(35-47(46)41-22-11-13-24-43(41)50)57(37-20-9-6-10-21-37)39-29-31-55-49(33-39)45-26-15-16-27-53(45)59-55/h2,5-16,18-34,51H,3,17,35H2,1H3. The first kappa shape index (κ1) is 35.5. The summed E-state index contributed by atoms with van der Waals surface area (Å²) in [6.07, 6.45) is 9.13. The van der Waals surface area contributed by atoms with Crippen LogP contribution in [0.5, 0.6) is 0 Å². The van der Waals surface area contributed by atoms with Crippen molar-refractivity contribution in [3.05, 3.63) is 197 Å². The van der Waals surface area contributed by atoms with E-state index in [2.05, 4.69) is 199 Å². The number of para-hydroxylation sites is 2. The first-order valence-corrected chi connectivity index (χ1v) is 22.1. The molecule has 8 aromatic carbocycles. The normalized spacial score (nSPS) is 13.4. The van der Waals surface area contributed by atoms with E-state index >= 15 is 0 Å². The molecule has 11 rings (SSSR count). The minimum Gasteiger partial charge on any atom is -0.334 e. The SMILES string of the molecule is C#Cc1c(CCC)sc2ccc(N(c3ccccc3)c3cc4c(c5ccccc35)CC(N(c3ccccc3)c3ccc5sc6ccccc6c5c3)c3ccccc3-4)cc12. The number of aryl methyl sites for hydroxylation is 1. The smallest absolute Gasteiger partial charge is 0.0638 e. The van der Waals surface area contributed by atoms with Crippen LogP contribution in [0.2, 0.25) is 0 Å². The molecule has 0 aliphatic heterocycles. The summed E-state index contributed by atoms with van der Waals surface area (Å²) in [5.74, 6) is 3.07. The molecule has 0 saturated carbocycles. The lowest BCUT2D eigenvalue weighted by Gasteiger charge is -2.39. The average molecular weight is 793 g/mol. The Morgan fingerprint density at radius 2 is 1.17 bits per heavy atom. The quantitative estimate of drug-likeness (QED) is 0.141. The highest BCUT2D eigenvalue weighted by Crippen LogP contribution is 2.52. The van der Waals surface area contributed by atoms with Crippen molar-refractivity contribution in [3.8, 4) is 23.5 Å². The molecule has 2 heterocycles. The summed E-state index contributed by atoms with van der Waals surface area (Å²) in [5.41, 5.74) is 12.0. The lowest BCUT2D eigenvalue weighted by molar-refractivity contribution is 0.689. The zero-order chi connectivity index (χ0) is 39.5. The van der Waals surface area contributed by atoms with Gasteiger partial charge in [-0.1, -0.05) is 122 Å². The van der Waals surface area contributed by atoms with Gasteiger partial charge in [-0.15, -0.1) is 29.1 Å². The third kappa shape index (κ3) is 5.92. The third-order valence-electron chi connectivity index (χ3n) is 12.0. The molecule has 2 nitrogen and oxygen atoms in total. The second-order valence-electron chi connectivity index (χ2n) is 15.4. The van der Waals surface area contributed by atoms with Gasteiger partial charge in [0.05, 0.1) is 11.7 Å². The topological polar surface area (TPSA) is 6.48 Å². The van der Waals surface area contributed by atoms with Crippen molar-refractivity contribution in [3.63, 3.8) is 0 Å². The fourth-order valence-electron chi connectivity index (χ4n) is 9.43. The van der Waals surface area contributed by atoms with Crippen molar-refractivity contribution in [2.24, 2.45) is 0 Å². The minimum atomic E-state index is 0.0587. The van der Waals surface area contributed by atoms with Gasteiger partial charge < -0.3 is 9.80 Å². The number of anilines is 5. The lowest BCUT2D eigenvalue weighted by atomic mass is 9.78. The lowest BCUT2D eigenvalue weighted by Crippen LogP contribution is -2.28. The molecule has 4 heteroatoms. The van der Waals surface area contributed by atoms with Crippen LogP contribution in [0, 0.1) is 12.3 Å². The number of rotatable bonds is 8. The molecular weight excluding hydrogens is 753 g/mol. The molecule has 0 saturated heterocycles. The molecule has 282 valence electrons. The van der Waals surface area contributed by atoms with E-state index in [1.807, 2.05) is 22.7 Å². The van der Waals surface area contributed by atoms with E-state index in [0.717, 1.165) is 47.3 Å². The number of hydrogen-bond acceptors (Lipinski definition) is 4. The number of fused-ring (bicyclic) bond motifs is 9. The predicted octanol–water partition coefficient (Wildman–Crippen LogP) is 15.9. The molecule has 0 radical (unpaired) electrons. The Morgan fingerprint density at radius 3 is 1.95 bits per heavy atom.